The van der Waals surface area contributed by atoms with Gasteiger partial charge in [-0.3, -0.25) is 4.79 Å². The Morgan fingerprint density at radius 2 is 1.62 bits per heavy atom. The number of nitrogens with zero attached hydrogens (tertiary/aromatic N) is 1. The van der Waals surface area contributed by atoms with Crippen molar-refractivity contribution in [2.75, 3.05) is 11.9 Å². The van der Waals surface area contributed by atoms with Gasteiger partial charge in [-0.05, 0) is 23.3 Å². The Hall–Kier alpha value is -2.09. The van der Waals surface area contributed by atoms with Crippen molar-refractivity contribution in [1.82, 2.24) is 0 Å². The first-order valence-corrected chi connectivity index (χ1v) is 5.15. The highest BCUT2D eigenvalue weighted by molar-refractivity contribution is 5.77. The normalized spacial score (nSPS) is 9.81. The van der Waals surface area contributed by atoms with Crippen molar-refractivity contribution in [1.29, 1.82) is 0 Å². The smallest absolute Gasteiger partial charge is 0.213 e. The Kier molecular flexibility index (Phi) is 3.01. The number of hydrogen-bond donors (Lipinski definition) is 0. The maximum absolute atomic E-state index is 10.7. The Morgan fingerprint density at radius 3 is 2.31 bits per heavy atom. The average molecular weight is 211 g/mol. The van der Waals surface area contributed by atoms with Crippen molar-refractivity contribution in [3.63, 3.8) is 0 Å². The van der Waals surface area contributed by atoms with Crippen LogP contribution in [-0.2, 0) is 4.79 Å². The summed E-state index contributed by atoms with van der Waals surface area (Å²) in [4.78, 5) is 12.2. The molecule has 16 heavy (non-hydrogen) atoms. The molecule has 1 amide bonds. The minimum atomic E-state index is 0.810. The molecule has 0 unspecified atom stereocenters. The van der Waals surface area contributed by atoms with Gasteiger partial charge in [0.25, 0.3) is 0 Å². The predicted octanol–water partition coefficient (Wildman–Crippen LogP) is 2.95. The zero-order valence-electron chi connectivity index (χ0n) is 9.13. The molecule has 0 aliphatic heterocycles. The molecule has 0 aliphatic carbocycles. The van der Waals surface area contributed by atoms with Crippen molar-refractivity contribution in [3.05, 3.63) is 54.6 Å². The molecule has 0 aliphatic rings. The van der Waals surface area contributed by atoms with Crippen molar-refractivity contribution in [2.24, 2.45) is 0 Å². The van der Waals surface area contributed by atoms with E-state index in [0.717, 1.165) is 23.2 Å². The van der Waals surface area contributed by atoms with Crippen LogP contribution in [0.1, 0.15) is 0 Å². The second kappa shape index (κ2) is 4.62. The Bertz CT molecular complexity index is 479. The van der Waals surface area contributed by atoms with Gasteiger partial charge in [0.15, 0.2) is 0 Å². The number of anilines is 1. The molecule has 0 radical (unpaired) electrons. The summed E-state index contributed by atoms with van der Waals surface area (Å²) in [5.74, 6) is 0. The predicted molar refractivity (Wildman–Crippen MR) is 66.3 cm³/mol. The molecule has 2 nitrogen and oxygen atoms in total. The second-order valence-electron chi connectivity index (χ2n) is 3.63. The molecule has 0 aromatic heterocycles. The van der Waals surface area contributed by atoms with Crippen LogP contribution >= 0.6 is 0 Å². The Balaban J connectivity index is 2.40. The minimum Gasteiger partial charge on any atom is -0.318 e. The van der Waals surface area contributed by atoms with Gasteiger partial charge in [0, 0.05) is 12.7 Å². The van der Waals surface area contributed by atoms with E-state index < -0.39 is 0 Å². The molecule has 80 valence electrons. The van der Waals surface area contributed by atoms with Crippen molar-refractivity contribution < 1.29 is 4.79 Å². The molecule has 0 bridgehead atoms. The van der Waals surface area contributed by atoms with E-state index in [0.29, 0.717) is 0 Å². The third kappa shape index (κ3) is 2.11. The minimum absolute atomic E-state index is 0.810. The first-order valence-electron chi connectivity index (χ1n) is 5.15. The van der Waals surface area contributed by atoms with Crippen LogP contribution < -0.4 is 4.90 Å². The number of carbonyl (C=O) groups is 1. The molecule has 0 saturated carbocycles. The molecule has 0 N–H and O–H groups in total. The molecule has 0 heterocycles. The maximum atomic E-state index is 10.7. The molecular weight excluding hydrogens is 198 g/mol. The summed E-state index contributed by atoms with van der Waals surface area (Å²) in [5.41, 5.74) is 3.17. The highest BCUT2D eigenvalue weighted by atomic mass is 16.1. The van der Waals surface area contributed by atoms with E-state index in [-0.39, 0.29) is 0 Å². The standard InChI is InChI=1S/C14H13NO/c1-15(11-16)14-9-5-8-13(10-14)12-6-3-2-4-7-12/h2-11H,1H3. The van der Waals surface area contributed by atoms with Gasteiger partial charge in [-0.25, -0.2) is 0 Å². The van der Waals surface area contributed by atoms with Gasteiger partial charge in [0.1, 0.15) is 0 Å². The fourth-order valence-electron chi connectivity index (χ4n) is 1.60. The SMILES string of the molecule is CN(C=O)c1cccc(-c2ccccc2)c1. The molecule has 2 aromatic rings. The van der Waals surface area contributed by atoms with Crippen molar-refractivity contribution in [2.45, 2.75) is 0 Å². The summed E-state index contributed by atoms with van der Waals surface area (Å²) in [5, 5.41) is 0. The van der Waals surface area contributed by atoms with Gasteiger partial charge >= 0.3 is 0 Å². The zero-order valence-corrected chi connectivity index (χ0v) is 9.13. The average Bonchev–Trinajstić information content (AvgIpc) is 2.39. The van der Waals surface area contributed by atoms with Crippen LogP contribution in [0.15, 0.2) is 54.6 Å². The first kappa shape index (κ1) is 10.4. The van der Waals surface area contributed by atoms with Crippen molar-refractivity contribution >= 4 is 12.1 Å². The van der Waals surface area contributed by atoms with Crippen LogP contribution in [0, 0.1) is 0 Å². The van der Waals surface area contributed by atoms with E-state index in [1.54, 1.807) is 11.9 Å². The van der Waals surface area contributed by atoms with Crippen LogP contribution in [0.3, 0.4) is 0 Å². The van der Waals surface area contributed by atoms with E-state index >= 15 is 0 Å². The number of hydrogen-bond acceptors (Lipinski definition) is 1. The topological polar surface area (TPSA) is 20.3 Å². The molecular formula is C14H13NO. The van der Waals surface area contributed by atoms with Gasteiger partial charge in [-0.2, -0.15) is 0 Å². The quantitative estimate of drug-likeness (QED) is 0.715. The third-order valence-electron chi connectivity index (χ3n) is 2.52. The summed E-state index contributed by atoms with van der Waals surface area (Å²) in [6, 6.07) is 18.0. The van der Waals surface area contributed by atoms with E-state index in [4.69, 9.17) is 0 Å². The highest BCUT2D eigenvalue weighted by Gasteiger charge is 2.01. The van der Waals surface area contributed by atoms with E-state index in [2.05, 4.69) is 12.1 Å². The van der Waals surface area contributed by atoms with E-state index in [9.17, 15) is 4.79 Å². The van der Waals surface area contributed by atoms with Crippen LogP contribution in [0.5, 0.6) is 0 Å². The number of carbonyl (C=O) groups excluding carboxylic acids is 1. The monoisotopic (exact) mass is 211 g/mol. The van der Waals surface area contributed by atoms with Crippen LogP contribution in [0.25, 0.3) is 11.1 Å². The lowest BCUT2D eigenvalue weighted by Gasteiger charge is -2.12. The third-order valence-corrected chi connectivity index (χ3v) is 2.52. The number of amides is 1. The largest absolute Gasteiger partial charge is 0.318 e. The summed E-state index contributed by atoms with van der Waals surface area (Å²) < 4.78 is 0. The summed E-state index contributed by atoms with van der Waals surface area (Å²) >= 11 is 0. The zero-order chi connectivity index (χ0) is 11.4. The molecule has 2 aromatic carbocycles. The van der Waals surface area contributed by atoms with Gasteiger partial charge in [0.05, 0.1) is 0 Å². The van der Waals surface area contributed by atoms with E-state index in [1.165, 1.54) is 0 Å². The summed E-state index contributed by atoms with van der Waals surface area (Å²) in [6.07, 6.45) is 0.810. The molecule has 0 atom stereocenters. The second-order valence-corrected chi connectivity index (χ2v) is 3.63. The van der Waals surface area contributed by atoms with Gasteiger partial charge in [0.2, 0.25) is 6.41 Å². The fraction of sp³-hybridized carbons (Fsp3) is 0.0714. The van der Waals surface area contributed by atoms with Crippen LogP contribution in [0.2, 0.25) is 0 Å². The summed E-state index contributed by atoms with van der Waals surface area (Å²) in [7, 11) is 1.75. The first-order chi connectivity index (χ1) is 7.81. The molecule has 2 rings (SSSR count). The molecule has 0 fully saturated rings. The summed E-state index contributed by atoms with van der Waals surface area (Å²) in [6.45, 7) is 0. The molecule has 2 heteroatoms. The van der Waals surface area contributed by atoms with Crippen molar-refractivity contribution in [3.8, 4) is 11.1 Å². The number of benzene rings is 2. The lowest BCUT2D eigenvalue weighted by atomic mass is 10.1. The highest BCUT2D eigenvalue weighted by Crippen LogP contribution is 2.23. The lowest BCUT2D eigenvalue weighted by Crippen LogP contribution is -2.13. The van der Waals surface area contributed by atoms with Gasteiger partial charge < -0.3 is 4.90 Å². The van der Waals surface area contributed by atoms with Crippen LogP contribution in [0.4, 0.5) is 5.69 Å². The Morgan fingerprint density at radius 1 is 0.938 bits per heavy atom. The number of rotatable bonds is 3. The van der Waals surface area contributed by atoms with Crippen LogP contribution in [-0.4, -0.2) is 13.5 Å². The van der Waals surface area contributed by atoms with E-state index in [1.807, 2.05) is 42.5 Å². The van der Waals surface area contributed by atoms with Gasteiger partial charge in [-0.1, -0.05) is 42.5 Å². The maximum Gasteiger partial charge on any atom is 0.213 e. The molecule has 0 spiro atoms. The lowest BCUT2D eigenvalue weighted by molar-refractivity contribution is -0.107. The molecule has 0 saturated heterocycles. The Labute approximate surface area is 95.1 Å². The van der Waals surface area contributed by atoms with Gasteiger partial charge in [-0.15, -0.1) is 0 Å². The fourth-order valence-corrected chi connectivity index (χ4v) is 1.60.